The van der Waals surface area contributed by atoms with Gasteiger partial charge in [-0.15, -0.1) is 0 Å². The van der Waals surface area contributed by atoms with Crippen molar-refractivity contribution in [2.75, 3.05) is 4.90 Å². The van der Waals surface area contributed by atoms with Crippen LogP contribution in [0.4, 0.5) is 17.1 Å². The summed E-state index contributed by atoms with van der Waals surface area (Å²) in [5, 5.41) is 2.56. The molecule has 0 saturated heterocycles. The molecule has 1 nitrogen and oxygen atoms in total. The molecule has 0 aromatic heterocycles. The fourth-order valence-electron chi connectivity index (χ4n) is 12.1. The fourth-order valence-corrected chi connectivity index (χ4v) is 12.1. The van der Waals surface area contributed by atoms with Crippen molar-refractivity contribution in [3.8, 4) is 44.5 Å². The molecule has 0 radical (unpaired) electrons. The van der Waals surface area contributed by atoms with Gasteiger partial charge in [-0.05, 0) is 179 Å². The Morgan fingerprint density at radius 2 is 1.17 bits per heavy atom. The van der Waals surface area contributed by atoms with E-state index in [1.165, 1.54) is 128 Å². The van der Waals surface area contributed by atoms with E-state index < -0.39 is 0 Å². The molecule has 1 atom stereocenters. The van der Waals surface area contributed by atoms with Crippen molar-refractivity contribution in [1.29, 1.82) is 0 Å². The van der Waals surface area contributed by atoms with Crippen LogP contribution in [0.15, 0.2) is 176 Å². The first-order chi connectivity index (χ1) is 31.4. The summed E-state index contributed by atoms with van der Waals surface area (Å²) in [4.78, 5) is 2.66. The lowest BCUT2D eigenvalue weighted by Crippen LogP contribution is -2.56. The van der Waals surface area contributed by atoms with E-state index in [1.54, 1.807) is 0 Å². The average Bonchev–Trinajstić information content (AvgIpc) is 3.53. The molecule has 314 valence electrons. The average molecular weight is 836 g/mol. The lowest BCUT2D eigenvalue weighted by Gasteiger charge is -2.45. The Kier molecular flexibility index (Phi) is 8.73. The van der Waals surface area contributed by atoms with Crippen LogP contribution in [0.25, 0.3) is 55.3 Å². The summed E-state index contributed by atoms with van der Waals surface area (Å²) < 4.78 is 0. The lowest BCUT2D eigenvalue weighted by atomic mass is 9.27. The van der Waals surface area contributed by atoms with E-state index >= 15 is 0 Å². The topological polar surface area (TPSA) is 3.24 Å². The number of aryl methyl sites for hydroxylation is 3. The van der Waals surface area contributed by atoms with Gasteiger partial charge >= 0.3 is 0 Å². The summed E-state index contributed by atoms with van der Waals surface area (Å²) in [5.41, 5.74) is 27.7. The Morgan fingerprint density at radius 1 is 0.477 bits per heavy atom. The van der Waals surface area contributed by atoms with Gasteiger partial charge in [-0.1, -0.05) is 174 Å². The molecular formula is C63H54BN. The van der Waals surface area contributed by atoms with Crippen molar-refractivity contribution >= 4 is 45.5 Å². The summed E-state index contributed by atoms with van der Waals surface area (Å²) in [6, 6.07) is 67.8. The minimum atomic E-state index is -0.162. The van der Waals surface area contributed by atoms with Crippen LogP contribution in [-0.2, 0) is 10.8 Å². The van der Waals surface area contributed by atoms with Gasteiger partial charge in [-0.3, -0.25) is 0 Å². The normalized spacial score (nSPS) is 15.3. The molecule has 0 N–H and O–H groups in total. The van der Waals surface area contributed by atoms with Crippen LogP contribution >= 0.6 is 0 Å². The van der Waals surface area contributed by atoms with Gasteiger partial charge in [0.2, 0.25) is 6.71 Å². The summed E-state index contributed by atoms with van der Waals surface area (Å²) in [6.45, 7) is 18.7. The fraction of sp³-hybridized carbons (Fsp3) is 0.175. The maximum absolute atomic E-state index is 2.66. The highest BCUT2D eigenvalue weighted by molar-refractivity contribution is 6.91. The van der Waals surface area contributed by atoms with Crippen molar-refractivity contribution < 1.29 is 0 Å². The third-order valence-corrected chi connectivity index (χ3v) is 15.3. The first-order valence-electron chi connectivity index (χ1n) is 23.5. The monoisotopic (exact) mass is 835 g/mol. The molecule has 2 heteroatoms. The van der Waals surface area contributed by atoms with Crippen molar-refractivity contribution in [3.63, 3.8) is 0 Å². The maximum atomic E-state index is 2.66. The number of benzene rings is 9. The molecule has 12 rings (SSSR count). The van der Waals surface area contributed by atoms with Crippen LogP contribution in [0.3, 0.4) is 0 Å². The smallest absolute Gasteiger partial charge is 0.227 e. The van der Waals surface area contributed by atoms with Crippen molar-refractivity contribution in [2.24, 2.45) is 0 Å². The first-order valence-corrected chi connectivity index (χ1v) is 23.5. The second kappa shape index (κ2) is 14.3. The van der Waals surface area contributed by atoms with Gasteiger partial charge in [0, 0.05) is 22.5 Å². The van der Waals surface area contributed by atoms with E-state index in [0.717, 1.165) is 0 Å². The number of anilines is 3. The Bertz CT molecular complexity index is 3400. The molecule has 1 unspecified atom stereocenters. The predicted molar refractivity (Wildman–Crippen MR) is 279 cm³/mol. The van der Waals surface area contributed by atoms with E-state index in [9.17, 15) is 0 Å². The molecule has 0 spiro atoms. The molecular weight excluding hydrogens is 782 g/mol. The van der Waals surface area contributed by atoms with Gasteiger partial charge < -0.3 is 4.90 Å². The number of hydrogen-bond acceptors (Lipinski definition) is 1. The van der Waals surface area contributed by atoms with Crippen LogP contribution in [0, 0.1) is 20.8 Å². The first kappa shape index (κ1) is 39.7. The second-order valence-electron chi connectivity index (χ2n) is 20.7. The van der Waals surface area contributed by atoms with Gasteiger partial charge in [-0.25, -0.2) is 0 Å². The van der Waals surface area contributed by atoms with Crippen molar-refractivity contribution in [1.82, 2.24) is 0 Å². The molecule has 3 aliphatic rings. The van der Waals surface area contributed by atoms with Crippen LogP contribution in [0.2, 0.25) is 0 Å². The molecule has 0 bridgehead atoms. The SMILES string of the molecule is Cc1cc(-c2ccccc2)ccc1N1c2cc3c(cc2B2c4c(cc(-c5c(C)cccc5C)cc41)-c1cc4ccccc4cc1C2c1ccc(C(C)(C)C)cc1)-c1ccccc1C3(C)C. The molecule has 2 aliphatic heterocycles. The zero-order valence-electron chi connectivity index (χ0n) is 38.8. The van der Waals surface area contributed by atoms with Crippen molar-refractivity contribution in [3.05, 3.63) is 220 Å². The quantitative estimate of drug-likeness (QED) is 0.160. The highest BCUT2D eigenvalue weighted by Crippen LogP contribution is 2.54. The van der Waals surface area contributed by atoms with Crippen LogP contribution in [0.5, 0.6) is 0 Å². The number of hydrogen-bond donors (Lipinski definition) is 0. The zero-order chi connectivity index (χ0) is 44.5. The highest BCUT2D eigenvalue weighted by Gasteiger charge is 2.48. The predicted octanol–water partition coefficient (Wildman–Crippen LogP) is 15.4. The zero-order valence-corrected chi connectivity index (χ0v) is 38.8. The largest absolute Gasteiger partial charge is 0.311 e. The Hall–Kier alpha value is -6.90. The number of nitrogens with zero attached hydrogens (tertiary/aromatic N) is 1. The Balaban J connectivity index is 1.23. The summed E-state index contributed by atoms with van der Waals surface area (Å²) in [7, 11) is 0. The van der Waals surface area contributed by atoms with Gasteiger partial charge in [0.15, 0.2) is 0 Å². The molecule has 0 fully saturated rings. The lowest BCUT2D eigenvalue weighted by molar-refractivity contribution is 0.590. The van der Waals surface area contributed by atoms with E-state index in [2.05, 4.69) is 236 Å². The molecule has 65 heavy (non-hydrogen) atoms. The Morgan fingerprint density at radius 3 is 1.89 bits per heavy atom. The maximum Gasteiger partial charge on any atom is 0.227 e. The highest BCUT2D eigenvalue weighted by atomic mass is 15.2. The molecule has 9 aromatic rings. The summed E-state index contributed by atoms with van der Waals surface area (Å²) >= 11 is 0. The molecule has 0 amide bonds. The third-order valence-electron chi connectivity index (χ3n) is 15.3. The molecule has 0 saturated carbocycles. The van der Waals surface area contributed by atoms with E-state index in [0.29, 0.717) is 0 Å². The van der Waals surface area contributed by atoms with Gasteiger partial charge in [-0.2, -0.15) is 0 Å². The Labute approximate surface area is 385 Å². The molecule has 9 aromatic carbocycles. The van der Waals surface area contributed by atoms with Crippen LogP contribution in [0.1, 0.15) is 84.9 Å². The molecule has 1 aliphatic carbocycles. The van der Waals surface area contributed by atoms with E-state index in [1.807, 2.05) is 0 Å². The van der Waals surface area contributed by atoms with Crippen LogP contribution < -0.4 is 15.8 Å². The molecule has 2 heterocycles. The minimum Gasteiger partial charge on any atom is -0.311 e. The van der Waals surface area contributed by atoms with Crippen LogP contribution in [-0.4, -0.2) is 6.71 Å². The van der Waals surface area contributed by atoms with E-state index in [4.69, 9.17) is 0 Å². The number of rotatable bonds is 4. The van der Waals surface area contributed by atoms with Gasteiger partial charge in [0.1, 0.15) is 0 Å². The summed E-state index contributed by atoms with van der Waals surface area (Å²) in [6.07, 6.45) is 0. The van der Waals surface area contributed by atoms with Gasteiger partial charge in [0.25, 0.3) is 0 Å². The summed E-state index contributed by atoms with van der Waals surface area (Å²) in [5.74, 6) is 0.0751. The number of fused-ring (bicyclic) bond motifs is 8. The second-order valence-corrected chi connectivity index (χ2v) is 20.7. The third kappa shape index (κ3) is 5.99. The minimum absolute atomic E-state index is 0.0513. The standard InChI is InChI=1S/C63H54BN/c1-38-17-16-18-39(2)59(38)46-34-52-49-32-43-21-12-13-22-44(43)33-51(49)60(42-25-28-47(29-26-42)62(4,5)6)64-55-36-50-48-23-14-15-24-53(48)63(7,8)54(50)37-57(55)65(58(35-46)61(52)64)56-30-27-45(31-40(56)3)41-19-10-9-11-20-41/h9-37,60H,1-8H3. The van der Waals surface area contributed by atoms with E-state index in [-0.39, 0.29) is 23.4 Å². The van der Waals surface area contributed by atoms with Gasteiger partial charge in [0.05, 0.1) is 0 Å². The van der Waals surface area contributed by atoms with Crippen molar-refractivity contribution in [2.45, 2.75) is 72.0 Å².